The number of anilines is 1. The molecule has 0 amide bonds. The van der Waals surface area contributed by atoms with E-state index in [2.05, 4.69) is 37.3 Å². The Hall–Kier alpha value is -1.25. The molecule has 3 rings (SSSR count). The van der Waals surface area contributed by atoms with Crippen molar-refractivity contribution in [3.05, 3.63) is 23.1 Å². The Morgan fingerprint density at radius 2 is 2.16 bits per heavy atom. The Kier molecular flexibility index (Phi) is 7.01. The third kappa shape index (κ3) is 5.36. The number of hydrogen-bond donors (Lipinski definition) is 1. The van der Waals surface area contributed by atoms with Crippen molar-refractivity contribution in [2.75, 3.05) is 30.3 Å². The normalized spacial score (nSPS) is 15.7. The van der Waals surface area contributed by atoms with E-state index >= 15 is 0 Å². The predicted octanol–water partition coefficient (Wildman–Crippen LogP) is 2.94. The molecule has 0 radical (unpaired) electrons. The third-order valence-corrected chi connectivity index (χ3v) is 6.32. The van der Waals surface area contributed by atoms with Crippen molar-refractivity contribution in [2.45, 2.75) is 49.9 Å². The van der Waals surface area contributed by atoms with Crippen LogP contribution in [-0.4, -0.2) is 51.6 Å². The van der Waals surface area contributed by atoms with Gasteiger partial charge in [0.05, 0.1) is 0 Å². The third-order valence-electron chi connectivity index (χ3n) is 4.35. The van der Waals surface area contributed by atoms with Gasteiger partial charge in [-0.1, -0.05) is 36.4 Å². The van der Waals surface area contributed by atoms with Crippen LogP contribution >= 0.6 is 23.1 Å². The smallest absolute Gasteiger partial charge is 0.174 e. The minimum Gasteiger partial charge on any atom is -0.356 e. The molecule has 0 spiro atoms. The zero-order valence-corrected chi connectivity index (χ0v) is 16.6. The van der Waals surface area contributed by atoms with Crippen molar-refractivity contribution >= 4 is 28.9 Å². The Morgan fingerprint density at radius 3 is 2.88 bits per heavy atom. The van der Waals surface area contributed by atoms with Gasteiger partial charge in [0.15, 0.2) is 4.34 Å². The van der Waals surface area contributed by atoms with E-state index in [9.17, 15) is 0 Å². The van der Waals surface area contributed by atoms with E-state index in [1.165, 1.54) is 5.56 Å². The van der Waals surface area contributed by atoms with Crippen molar-refractivity contribution in [1.82, 2.24) is 25.5 Å². The van der Waals surface area contributed by atoms with E-state index < -0.39 is 0 Å². The Labute approximate surface area is 157 Å². The molecule has 8 heteroatoms. The molecule has 2 aromatic rings. The van der Waals surface area contributed by atoms with E-state index in [0.717, 1.165) is 66.2 Å². The van der Waals surface area contributed by atoms with E-state index in [4.69, 9.17) is 0 Å². The summed E-state index contributed by atoms with van der Waals surface area (Å²) in [7, 11) is 0. The molecule has 1 fully saturated rings. The molecule has 2 aromatic heterocycles. The van der Waals surface area contributed by atoms with Crippen LogP contribution in [-0.2, 0) is 6.42 Å². The molecule has 0 saturated carbocycles. The average Bonchev–Trinajstić information content (AvgIpc) is 3.05. The monoisotopic (exact) mass is 378 g/mol. The van der Waals surface area contributed by atoms with Crippen LogP contribution in [0.15, 0.2) is 16.9 Å². The first-order valence-electron chi connectivity index (χ1n) is 8.96. The molecular weight excluding hydrogens is 352 g/mol. The van der Waals surface area contributed by atoms with Crippen LogP contribution in [0, 0.1) is 6.92 Å². The van der Waals surface area contributed by atoms with Crippen LogP contribution in [0.3, 0.4) is 0 Å². The summed E-state index contributed by atoms with van der Waals surface area (Å²) in [6.07, 6.45) is 8.16. The lowest BCUT2D eigenvalue weighted by Crippen LogP contribution is -2.43. The van der Waals surface area contributed by atoms with Crippen molar-refractivity contribution in [1.29, 1.82) is 0 Å². The van der Waals surface area contributed by atoms with Gasteiger partial charge in [0.2, 0.25) is 0 Å². The molecule has 0 atom stereocenters. The maximum atomic E-state index is 4.54. The van der Waals surface area contributed by atoms with Crippen LogP contribution in [0.25, 0.3) is 0 Å². The number of aryl methyl sites for hydroxylation is 2. The first kappa shape index (κ1) is 18.5. The van der Waals surface area contributed by atoms with Gasteiger partial charge >= 0.3 is 0 Å². The molecule has 0 aromatic carbocycles. The van der Waals surface area contributed by atoms with E-state index in [1.54, 1.807) is 29.4 Å². The zero-order chi connectivity index (χ0) is 17.5. The summed E-state index contributed by atoms with van der Waals surface area (Å²) in [5.74, 6) is 2.18. The highest BCUT2D eigenvalue weighted by Crippen LogP contribution is 2.23. The first-order chi connectivity index (χ1) is 12.3. The first-order valence-corrected chi connectivity index (χ1v) is 10.8. The molecule has 1 N–H and O–H groups in total. The van der Waals surface area contributed by atoms with Gasteiger partial charge in [-0.05, 0) is 26.2 Å². The Balaban J connectivity index is 1.40. The van der Waals surface area contributed by atoms with Crippen LogP contribution in [0.5, 0.6) is 0 Å². The fourth-order valence-corrected chi connectivity index (χ4v) is 4.87. The van der Waals surface area contributed by atoms with Crippen LogP contribution in [0.4, 0.5) is 5.82 Å². The van der Waals surface area contributed by atoms with Crippen molar-refractivity contribution in [3.63, 3.8) is 0 Å². The number of nitrogens with zero attached hydrogens (tertiary/aromatic N) is 5. The number of piperidine rings is 1. The van der Waals surface area contributed by atoms with Gasteiger partial charge in [-0.3, -0.25) is 0 Å². The minimum absolute atomic E-state index is 0.601. The van der Waals surface area contributed by atoms with E-state index in [0.29, 0.717) is 6.04 Å². The summed E-state index contributed by atoms with van der Waals surface area (Å²) >= 11 is 3.46. The number of hydrogen-bond acceptors (Lipinski definition) is 8. The molecule has 1 aliphatic heterocycles. The summed E-state index contributed by atoms with van der Waals surface area (Å²) < 4.78 is 1.07. The number of rotatable bonds is 8. The molecule has 3 heterocycles. The molecule has 25 heavy (non-hydrogen) atoms. The number of thioether (sulfide) groups is 1. The van der Waals surface area contributed by atoms with E-state index in [-0.39, 0.29) is 0 Å². The lowest BCUT2D eigenvalue weighted by molar-refractivity contribution is 0.423. The topological polar surface area (TPSA) is 66.8 Å². The summed E-state index contributed by atoms with van der Waals surface area (Å²) in [5, 5.41) is 12.9. The van der Waals surface area contributed by atoms with Crippen molar-refractivity contribution < 1.29 is 0 Å². The SMILES string of the molecule is CCCc1cncnc1N1CCC(NCCSc2nnc(C)s2)CC1. The van der Waals surface area contributed by atoms with Gasteiger partial charge in [-0.2, -0.15) is 0 Å². The largest absolute Gasteiger partial charge is 0.356 e. The van der Waals surface area contributed by atoms with Gasteiger partial charge < -0.3 is 10.2 Å². The molecule has 1 aliphatic rings. The number of aromatic nitrogens is 4. The minimum atomic E-state index is 0.601. The fourth-order valence-electron chi connectivity index (χ4n) is 3.12. The number of nitrogens with one attached hydrogen (secondary N) is 1. The quantitative estimate of drug-likeness (QED) is 0.559. The molecule has 1 saturated heterocycles. The van der Waals surface area contributed by atoms with Gasteiger partial charge in [0.25, 0.3) is 0 Å². The second kappa shape index (κ2) is 9.45. The lowest BCUT2D eigenvalue weighted by Gasteiger charge is -2.34. The highest BCUT2D eigenvalue weighted by atomic mass is 32.2. The zero-order valence-electron chi connectivity index (χ0n) is 14.9. The van der Waals surface area contributed by atoms with Gasteiger partial charge in [0.1, 0.15) is 17.2 Å². The lowest BCUT2D eigenvalue weighted by atomic mass is 10.0. The predicted molar refractivity (Wildman–Crippen MR) is 105 cm³/mol. The standard InChI is InChI=1S/C17H26N6S2/c1-3-4-14-11-18-12-20-16(14)23-8-5-15(6-9-23)19-7-10-24-17-22-21-13(2)25-17/h11-12,15,19H,3-10H2,1-2H3. The van der Waals surface area contributed by atoms with Crippen molar-refractivity contribution in [2.24, 2.45) is 0 Å². The second-order valence-corrected chi connectivity index (χ2v) is 8.80. The maximum Gasteiger partial charge on any atom is 0.174 e. The molecule has 0 unspecified atom stereocenters. The van der Waals surface area contributed by atoms with Gasteiger partial charge in [-0.25, -0.2) is 9.97 Å². The Bertz CT molecular complexity index is 654. The van der Waals surface area contributed by atoms with E-state index in [1.807, 2.05) is 13.1 Å². The van der Waals surface area contributed by atoms with Crippen LogP contribution < -0.4 is 10.2 Å². The molecule has 0 bridgehead atoms. The highest BCUT2D eigenvalue weighted by molar-refractivity contribution is 8.01. The summed E-state index contributed by atoms with van der Waals surface area (Å²) in [6, 6.07) is 0.601. The highest BCUT2D eigenvalue weighted by Gasteiger charge is 2.21. The Morgan fingerprint density at radius 1 is 1.32 bits per heavy atom. The summed E-state index contributed by atoms with van der Waals surface area (Å²) in [4.78, 5) is 11.1. The van der Waals surface area contributed by atoms with Crippen LogP contribution in [0.1, 0.15) is 36.8 Å². The maximum absolute atomic E-state index is 4.54. The van der Waals surface area contributed by atoms with Gasteiger partial charge in [-0.15, -0.1) is 10.2 Å². The average molecular weight is 379 g/mol. The van der Waals surface area contributed by atoms with Crippen molar-refractivity contribution in [3.8, 4) is 0 Å². The molecular formula is C17H26N6S2. The molecule has 0 aliphatic carbocycles. The summed E-state index contributed by atoms with van der Waals surface area (Å²) in [5.41, 5.74) is 1.28. The molecule has 136 valence electrons. The molecule has 6 nitrogen and oxygen atoms in total. The summed E-state index contributed by atoms with van der Waals surface area (Å²) in [6.45, 7) is 7.34. The second-order valence-electron chi connectivity index (χ2n) is 6.27. The van der Waals surface area contributed by atoms with Crippen LogP contribution in [0.2, 0.25) is 0 Å². The fraction of sp³-hybridized carbons (Fsp3) is 0.647. The van der Waals surface area contributed by atoms with Gasteiger partial charge in [0, 0.05) is 43.2 Å².